The van der Waals surface area contributed by atoms with Crippen LogP contribution in [0.5, 0.6) is 0 Å². The molecular formula is C18H17F3N4O. The van der Waals surface area contributed by atoms with Crippen LogP contribution >= 0.6 is 0 Å². The summed E-state index contributed by atoms with van der Waals surface area (Å²) in [7, 11) is 0. The van der Waals surface area contributed by atoms with E-state index < -0.39 is 12.6 Å². The Bertz CT molecular complexity index is 963. The summed E-state index contributed by atoms with van der Waals surface area (Å²) in [5.41, 5.74) is 4.55. The molecule has 0 unspecified atom stereocenters. The molecule has 0 spiro atoms. The maximum Gasteiger partial charge on any atom is 0.390 e. The van der Waals surface area contributed by atoms with Gasteiger partial charge in [0.2, 0.25) is 0 Å². The summed E-state index contributed by atoms with van der Waals surface area (Å²) in [5, 5.41) is 6.93. The van der Waals surface area contributed by atoms with Gasteiger partial charge in [-0.2, -0.15) is 18.3 Å². The number of carbonyl (C=O) groups is 1. The van der Waals surface area contributed by atoms with E-state index in [1.807, 2.05) is 32.0 Å². The number of aldehydes is 1. The number of halogens is 3. The quantitative estimate of drug-likeness (QED) is 0.692. The summed E-state index contributed by atoms with van der Waals surface area (Å²) in [6.07, 6.45) is -3.10. The summed E-state index contributed by atoms with van der Waals surface area (Å²) in [6, 6.07) is 7.26. The van der Waals surface area contributed by atoms with E-state index in [1.54, 1.807) is 6.20 Å². The molecule has 0 aliphatic heterocycles. The van der Waals surface area contributed by atoms with Gasteiger partial charge in [0.05, 0.1) is 24.0 Å². The lowest BCUT2D eigenvalue weighted by molar-refractivity contribution is -0.131. The molecule has 0 fully saturated rings. The number of anilines is 1. The third-order valence-electron chi connectivity index (χ3n) is 4.13. The minimum atomic E-state index is -4.26. The normalized spacial score (nSPS) is 11.7. The number of fused-ring (bicyclic) bond motifs is 1. The minimum Gasteiger partial charge on any atom is -0.382 e. The molecule has 5 nitrogen and oxygen atoms in total. The van der Waals surface area contributed by atoms with Gasteiger partial charge in [0.25, 0.3) is 0 Å². The van der Waals surface area contributed by atoms with E-state index >= 15 is 0 Å². The Kier molecular flexibility index (Phi) is 4.67. The molecule has 0 atom stereocenters. The van der Waals surface area contributed by atoms with Crippen LogP contribution in [-0.4, -0.2) is 33.6 Å². The molecule has 1 N–H and O–H groups in total. The van der Waals surface area contributed by atoms with Crippen molar-refractivity contribution in [2.75, 3.05) is 11.9 Å². The third-order valence-corrected chi connectivity index (χ3v) is 4.13. The average Bonchev–Trinajstić information content (AvgIpc) is 3.00. The molecule has 136 valence electrons. The molecule has 2 aromatic heterocycles. The maximum absolute atomic E-state index is 12.4. The number of nitrogens with one attached hydrogen (secondary N) is 1. The number of alkyl halides is 3. The molecule has 1 aromatic carbocycles. The second-order valence-electron chi connectivity index (χ2n) is 6.07. The van der Waals surface area contributed by atoms with E-state index in [1.165, 1.54) is 10.6 Å². The van der Waals surface area contributed by atoms with E-state index in [0.717, 1.165) is 16.7 Å². The Morgan fingerprint density at radius 1 is 1.19 bits per heavy atom. The van der Waals surface area contributed by atoms with Crippen molar-refractivity contribution in [3.63, 3.8) is 0 Å². The lowest BCUT2D eigenvalue weighted by atomic mass is 10.0. The zero-order chi connectivity index (χ0) is 18.9. The highest BCUT2D eigenvalue weighted by atomic mass is 19.4. The fourth-order valence-corrected chi connectivity index (χ4v) is 2.61. The van der Waals surface area contributed by atoms with Crippen molar-refractivity contribution in [1.82, 2.24) is 14.6 Å². The number of benzene rings is 1. The molecule has 0 radical (unpaired) electrons. The number of nitrogens with zero attached hydrogens (tertiary/aromatic N) is 3. The Hall–Kier alpha value is -2.90. The number of aryl methyl sites for hydroxylation is 2. The lowest BCUT2D eigenvalue weighted by Crippen LogP contribution is -2.15. The Balaban J connectivity index is 2.03. The van der Waals surface area contributed by atoms with Gasteiger partial charge in [-0.1, -0.05) is 12.1 Å². The molecule has 0 aliphatic carbocycles. The molecule has 0 amide bonds. The topological polar surface area (TPSA) is 59.3 Å². The summed E-state index contributed by atoms with van der Waals surface area (Å²) in [5.74, 6) is 0. The van der Waals surface area contributed by atoms with E-state index in [0.29, 0.717) is 23.3 Å². The number of imidazole rings is 1. The first-order valence-corrected chi connectivity index (χ1v) is 8.01. The van der Waals surface area contributed by atoms with Gasteiger partial charge in [-0.3, -0.25) is 4.79 Å². The van der Waals surface area contributed by atoms with Gasteiger partial charge in [-0.15, -0.1) is 0 Å². The fourth-order valence-electron chi connectivity index (χ4n) is 2.61. The second kappa shape index (κ2) is 6.78. The smallest absolute Gasteiger partial charge is 0.382 e. The van der Waals surface area contributed by atoms with Gasteiger partial charge in [-0.05, 0) is 37.1 Å². The molecule has 0 saturated heterocycles. The Morgan fingerprint density at radius 2 is 1.96 bits per heavy atom. The van der Waals surface area contributed by atoms with Crippen molar-refractivity contribution < 1.29 is 18.0 Å². The van der Waals surface area contributed by atoms with Crippen molar-refractivity contribution in [2.24, 2.45) is 0 Å². The highest BCUT2D eigenvalue weighted by Gasteiger charge is 2.26. The standard InChI is InChI=1S/C18H17F3N4O/c1-11-3-4-13(7-12(11)2)16-9-23-17-15(22-6-5-18(19,20)21)8-14(10-26)24-25(16)17/h3-4,7-10,22H,5-6H2,1-2H3. The van der Waals surface area contributed by atoms with Crippen molar-refractivity contribution in [3.05, 3.63) is 47.3 Å². The number of carbonyl (C=O) groups excluding carboxylic acids is 1. The van der Waals surface area contributed by atoms with Crippen LogP contribution in [0.25, 0.3) is 16.9 Å². The second-order valence-corrected chi connectivity index (χ2v) is 6.07. The predicted molar refractivity (Wildman–Crippen MR) is 92.4 cm³/mol. The monoisotopic (exact) mass is 362 g/mol. The van der Waals surface area contributed by atoms with Gasteiger partial charge in [0.1, 0.15) is 5.69 Å². The first-order valence-electron chi connectivity index (χ1n) is 8.01. The number of rotatable bonds is 5. The first kappa shape index (κ1) is 17.9. The molecule has 2 heterocycles. The highest BCUT2D eigenvalue weighted by Crippen LogP contribution is 2.26. The van der Waals surface area contributed by atoms with Crippen molar-refractivity contribution in [3.8, 4) is 11.3 Å². The van der Waals surface area contributed by atoms with Crippen LogP contribution in [0, 0.1) is 13.8 Å². The van der Waals surface area contributed by atoms with Crippen molar-refractivity contribution in [2.45, 2.75) is 26.4 Å². The largest absolute Gasteiger partial charge is 0.390 e. The van der Waals surface area contributed by atoms with Crippen LogP contribution in [0.3, 0.4) is 0 Å². The highest BCUT2D eigenvalue weighted by molar-refractivity contribution is 5.80. The van der Waals surface area contributed by atoms with Crippen LogP contribution in [0.4, 0.5) is 18.9 Å². The van der Waals surface area contributed by atoms with E-state index in [2.05, 4.69) is 15.4 Å². The lowest BCUT2D eigenvalue weighted by Gasteiger charge is -2.11. The predicted octanol–water partition coefficient (Wildman–Crippen LogP) is 4.19. The molecule has 0 bridgehead atoms. The van der Waals surface area contributed by atoms with Gasteiger partial charge in [-0.25, -0.2) is 9.50 Å². The summed E-state index contributed by atoms with van der Waals surface area (Å²) in [4.78, 5) is 15.5. The number of hydrogen-bond acceptors (Lipinski definition) is 4. The van der Waals surface area contributed by atoms with E-state index in [9.17, 15) is 18.0 Å². The van der Waals surface area contributed by atoms with Gasteiger partial charge < -0.3 is 5.32 Å². The molecule has 0 aliphatic rings. The SMILES string of the molecule is Cc1ccc(-c2cnc3c(NCCC(F)(F)F)cc(C=O)nn23)cc1C. The number of aromatic nitrogens is 3. The molecule has 3 aromatic rings. The minimum absolute atomic E-state index is 0.107. The summed E-state index contributed by atoms with van der Waals surface area (Å²) in [6.45, 7) is 3.67. The first-order chi connectivity index (χ1) is 12.3. The average molecular weight is 362 g/mol. The molecule has 0 saturated carbocycles. The van der Waals surface area contributed by atoms with Crippen LogP contribution < -0.4 is 5.32 Å². The Labute approximate surface area is 147 Å². The van der Waals surface area contributed by atoms with E-state index in [4.69, 9.17) is 0 Å². The molecule has 8 heteroatoms. The molecular weight excluding hydrogens is 345 g/mol. The zero-order valence-electron chi connectivity index (χ0n) is 14.3. The third kappa shape index (κ3) is 3.68. The van der Waals surface area contributed by atoms with Crippen LogP contribution in [0.15, 0.2) is 30.5 Å². The molecule has 26 heavy (non-hydrogen) atoms. The van der Waals surface area contributed by atoms with Crippen LogP contribution in [0.2, 0.25) is 0 Å². The van der Waals surface area contributed by atoms with Crippen LogP contribution in [-0.2, 0) is 0 Å². The maximum atomic E-state index is 12.4. The van der Waals surface area contributed by atoms with Crippen molar-refractivity contribution in [1.29, 1.82) is 0 Å². The Morgan fingerprint density at radius 3 is 2.62 bits per heavy atom. The zero-order valence-corrected chi connectivity index (χ0v) is 14.3. The number of hydrogen-bond donors (Lipinski definition) is 1. The fraction of sp³-hybridized carbons (Fsp3) is 0.278. The van der Waals surface area contributed by atoms with Gasteiger partial charge in [0.15, 0.2) is 11.9 Å². The van der Waals surface area contributed by atoms with Gasteiger partial charge >= 0.3 is 6.18 Å². The van der Waals surface area contributed by atoms with E-state index in [-0.39, 0.29) is 12.2 Å². The molecule has 3 rings (SSSR count). The van der Waals surface area contributed by atoms with Crippen LogP contribution in [0.1, 0.15) is 28.0 Å². The summed E-state index contributed by atoms with van der Waals surface area (Å²) >= 11 is 0. The summed E-state index contributed by atoms with van der Waals surface area (Å²) < 4.78 is 38.6. The van der Waals surface area contributed by atoms with Gasteiger partial charge in [0, 0.05) is 12.1 Å². The van der Waals surface area contributed by atoms with Crippen molar-refractivity contribution >= 4 is 17.6 Å².